The number of ketones is 2. The van der Waals surface area contributed by atoms with Crippen molar-refractivity contribution in [2.75, 3.05) is 0 Å². The monoisotopic (exact) mass is 288 g/mol. The first-order valence-electron chi connectivity index (χ1n) is 7.97. The van der Waals surface area contributed by atoms with Crippen LogP contribution < -0.4 is 0 Å². The fourth-order valence-corrected chi connectivity index (χ4v) is 5.30. The van der Waals surface area contributed by atoms with Crippen LogP contribution >= 0.6 is 0 Å². The van der Waals surface area contributed by atoms with Gasteiger partial charge in [0.15, 0.2) is 11.6 Å². The lowest BCUT2D eigenvalue weighted by atomic mass is 9.46. The first-order chi connectivity index (χ1) is 10.8. The van der Waals surface area contributed by atoms with E-state index in [1.165, 1.54) is 23.3 Å². The second-order valence-corrected chi connectivity index (χ2v) is 6.79. The molecule has 22 heavy (non-hydrogen) atoms. The largest absolute Gasteiger partial charge is 0.294 e. The van der Waals surface area contributed by atoms with E-state index in [0.717, 1.165) is 0 Å². The average molecular weight is 288 g/mol. The Bertz CT molecular complexity index is 718. The molecule has 1 fully saturated rings. The van der Waals surface area contributed by atoms with Gasteiger partial charge in [0.1, 0.15) is 0 Å². The van der Waals surface area contributed by atoms with E-state index in [4.69, 9.17) is 0 Å². The summed E-state index contributed by atoms with van der Waals surface area (Å²) in [5.41, 5.74) is 2.57. The topological polar surface area (TPSA) is 34.1 Å². The zero-order chi connectivity index (χ0) is 14.8. The third kappa shape index (κ3) is 1.36. The lowest BCUT2D eigenvalue weighted by Crippen LogP contribution is -2.53. The van der Waals surface area contributed by atoms with Crippen LogP contribution in [0.25, 0.3) is 0 Å². The highest BCUT2D eigenvalue weighted by Gasteiger charge is 2.59. The van der Waals surface area contributed by atoms with E-state index in [-0.39, 0.29) is 35.2 Å². The number of hydrogen-bond acceptors (Lipinski definition) is 2. The smallest absolute Gasteiger partial charge is 0.160 e. The summed E-state index contributed by atoms with van der Waals surface area (Å²) < 4.78 is 0. The van der Waals surface area contributed by atoms with Crippen LogP contribution in [0.15, 0.2) is 60.7 Å². The number of hydrogen-bond donors (Lipinski definition) is 0. The van der Waals surface area contributed by atoms with E-state index >= 15 is 0 Å². The van der Waals surface area contributed by atoms with Gasteiger partial charge in [-0.25, -0.2) is 0 Å². The van der Waals surface area contributed by atoms with Crippen molar-refractivity contribution in [1.82, 2.24) is 0 Å². The third-order valence-electron chi connectivity index (χ3n) is 6.00. The Kier molecular flexibility index (Phi) is 2.33. The maximum absolute atomic E-state index is 12.6. The maximum Gasteiger partial charge on any atom is 0.160 e. The predicted molar refractivity (Wildman–Crippen MR) is 83.3 cm³/mol. The van der Waals surface area contributed by atoms with Crippen molar-refractivity contribution < 1.29 is 9.59 Å². The highest BCUT2D eigenvalue weighted by atomic mass is 16.1. The molecule has 0 unspecified atom stereocenters. The van der Waals surface area contributed by atoms with Crippen LogP contribution in [0.5, 0.6) is 0 Å². The minimum Gasteiger partial charge on any atom is -0.294 e. The predicted octanol–water partition coefficient (Wildman–Crippen LogP) is 3.18. The second kappa shape index (κ2) is 4.16. The molecule has 1 aromatic carbocycles. The molecular weight excluding hydrogens is 272 g/mol. The summed E-state index contributed by atoms with van der Waals surface area (Å²) in [6.07, 6.45) is 11.7. The molecule has 1 aromatic rings. The van der Waals surface area contributed by atoms with Crippen LogP contribution in [0, 0.1) is 23.7 Å². The second-order valence-electron chi connectivity index (χ2n) is 6.79. The van der Waals surface area contributed by atoms with Crippen molar-refractivity contribution in [3.05, 3.63) is 71.8 Å². The molecule has 2 heteroatoms. The molecule has 6 atom stereocenters. The van der Waals surface area contributed by atoms with Crippen LogP contribution in [0.3, 0.4) is 0 Å². The van der Waals surface area contributed by atoms with E-state index in [0.29, 0.717) is 11.8 Å². The van der Waals surface area contributed by atoms with Gasteiger partial charge >= 0.3 is 0 Å². The molecule has 5 aliphatic rings. The van der Waals surface area contributed by atoms with Crippen molar-refractivity contribution in [2.24, 2.45) is 23.7 Å². The Labute approximate surface area is 129 Å². The number of rotatable bonds is 0. The molecule has 2 bridgehead atoms. The summed E-state index contributed by atoms with van der Waals surface area (Å²) >= 11 is 0. The van der Waals surface area contributed by atoms with Gasteiger partial charge in [-0.15, -0.1) is 0 Å². The van der Waals surface area contributed by atoms with Crippen LogP contribution in [0.2, 0.25) is 0 Å². The number of allylic oxidation sites excluding steroid dienone is 6. The van der Waals surface area contributed by atoms with Crippen LogP contribution in [0.4, 0.5) is 0 Å². The van der Waals surface area contributed by atoms with Gasteiger partial charge in [-0.3, -0.25) is 9.59 Å². The molecule has 0 radical (unpaired) electrons. The molecule has 0 aromatic heterocycles. The van der Waals surface area contributed by atoms with Gasteiger partial charge in [-0.2, -0.15) is 0 Å². The zero-order valence-corrected chi connectivity index (χ0v) is 12.1. The SMILES string of the molecule is O=C1C=CC(=O)[C@@H]2[C@@H]1[C@H]1c3ccccc3[C@H]2[C@@H]2C=CC=C[C@H]21. The third-order valence-corrected chi connectivity index (χ3v) is 6.00. The number of carbonyl (C=O) groups is 2. The van der Waals surface area contributed by atoms with Gasteiger partial charge in [0.25, 0.3) is 0 Å². The van der Waals surface area contributed by atoms with E-state index in [1.807, 2.05) is 0 Å². The Morgan fingerprint density at radius 1 is 0.636 bits per heavy atom. The number of benzene rings is 1. The highest BCUT2D eigenvalue weighted by molar-refractivity contribution is 6.08. The van der Waals surface area contributed by atoms with Crippen molar-refractivity contribution in [3.63, 3.8) is 0 Å². The normalized spacial score (nSPS) is 40.4. The van der Waals surface area contributed by atoms with Crippen LogP contribution in [0.1, 0.15) is 23.0 Å². The van der Waals surface area contributed by atoms with Crippen molar-refractivity contribution in [1.29, 1.82) is 0 Å². The molecular formula is C20H16O2. The quantitative estimate of drug-likeness (QED) is 0.735. The molecule has 6 rings (SSSR count). The van der Waals surface area contributed by atoms with Gasteiger partial charge in [0, 0.05) is 23.7 Å². The Balaban J connectivity index is 1.80. The molecule has 0 amide bonds. The van der Waals surface area contributed by atoms with Gasteiger partial charge in [-0.05, 0) is 35.1 Å². The van der Waals surface area contributed by atoms with Crippen molar-refractivity contribution >= 4 is 11.6 Å². The molecule has 2 nitrogen and oxygen atoms in total. The van der Waals surface area contributed by atoms with E-state index in [1.54, 1.807) is 0 Å². The molecule has 108 valence electrons. The Morgan fingerprint density at radius 2 is 1.09 bits per heavy atom. The first-order valence-corrected chi connectivity index (χ1v) is 7.97. The fourth-order valence-electron chi connectivity index (χ4n) is 5.30. The molecule has 0 aliphatic heterocycles. The van der Waals surface area contributed by atoms with E-state index in [9.17, 15) is 9.59 Å². The molecule has 0 N–H and O–H groups in total. The standard InChI is InChI=1S/C20H16O2/c21-15-9-10-16(22)20-18-12-6-2-1-5-11(12)17(19(15)20)13-7-3-4-8-14(13)18/h1-12,17-20H/t11-,12-,17-,18-,19+,20+/m1/s1. The minimum absolute atomic E-state index is 0.135. The molecule has 0 saturated heterocycles. The first kappa shape index (κ1) is 12.3. The molecule has 0 heterocycles. The van der Waals surface area contributed by atoms with Crippen molar-refractivity contribution in [2.45, 2.75) is 11.8 Å². The minimum atomic E-state index is -0.171. The highest BCUT2D eigenvalue weighted by Crippen LogP contribution is 2.63. The van der Waals surface area contributed by atoms with Gasteiger partial charge in [-0.1, -0.05) is 48.6 Å². The summed E-state index contributed by atoms with van der Waals surface area (Å²) in [6.45, 7) is 0. The summed E-state index contributed by atoms with van der Waals surface area (Å²) in [5.74, 6) is 0.886. The fraction of sp³-hybridized carbons (Fsp3) is 0.300. The van der Waals surface area contributed by atoms with Gasteiger partial charge in [0.2, 0.25) is 0 Å². The molecule has 1 saturated carbocycles. The summed E-state index contributed by atoms with van der Waals surface area (Å²) in [4.78, 5) is 25.1. The van der Waals surface area contributed by atoms with E-state index < -0.39 is 0 Å². The van der Waals surface area contributed by atoms with E-state index in [2.05, 4.69) is 48.6 Å². The van der Waals surface area contributed by atoms with Gasteiger partial charge < -0.3 is 0 Å². The maximum atomic E-state index is 12.6. The van der Waals surface area contributed by atoms with Crippen LogP contribution in [-0.4, -0.2) is 11.6 Å². The molecule has 0 spiro atoms. The number of carbonyl (C=O) groups excluding carboxylic acids is 2. The lowest BCUT2D eigenvalue weighted by Gasteiger charge is -2.56. The lowest BCUT2D eigenvalue weighted by molar-refractivity contribution is -0.135. The van der Waals surface area contributed by atoms with Crippen LogP contribution in [-0.2, 0) is 9.59 Å². The summed E-state index contributed by atoms with van der Waals surface area (Å²) in [5, 5.41) is 0. The summed E-state index contributed by atoms with van der Waals surface area (Å²) in [7, 11) is 0. The van der Waals surface area contributed by atoms with Gasteiger partial charge in [0.05, 0.1) is 0 Å². The zero-order valence-electron chi connectivity index (χ0n) is 12.1. The van der Waals surface area contributed by atoms with Crippen molar-refractivity contribution in [3.8, 4) is 0 Å². The molecule has 5 aliphatic carbocycles. The average Bonchev–Trinajstić information content (AvgIpc) is 2.58. The summed E-state index contributed by atoms with van der Waals surface area (Å²) in [6, 6.07) is 8.41. The Morgan fingerprint density at radius 3 is 1.55 bits per heavy atom. The Hall–Kier alpha value is -2.22.